The molecule has 27 heavy (non-hydrogen) atoms. The summed E-state index contributed by atoms with van der Waals surface area (Å²) in [5.74, 6) is -0.343. The van der Waals surface area contributed by atoms with E-state index in [2.05, 4.69) is 9.88 Å². The second-order valence-corrected chi connectivity index (χ2v) is 7.56. The van der Waals surface area contributed by atoms with Gasteiger partial charge in [0.1, 0.15) is 11.6 Å². The van der Waals surface area contributed by atoms with Gasteiger partial charge in [0, 0.05) is 31.1 Å². The van der Waals surface area contributed by atoms with Crippen molar-refractivity contribution in [2.24, 2.45) is 0 Å². The largest absolute Gasteiger partial charge is 0.376 e. The molecule has 3 atom stereocenters. The van der Waals surface area contributed by atoms with Gasteiger partial charge in [-0.3, -0.25) is 4.79 Å². The number of carbonyl (C=O) groups is 1. The molecule has 146 valence electrons. The standard InChI is InChI=1S/C21H29N3O3/c1-14-10-17(16(3)24(14)13-19-6-4-8-26-19)11-18(12-22)21(25)23-15(2)20-7-5-9-27-20/h10-11,15,19-20H,4-9,13H2,1-3H3,(H,23,25)/b18-11+. The third-order valence-electron chi connectivity index (χ3n) is 5.57. The molecular weight excluding hydrogens is 342 g/mol. The molecule has 0 saturated carbocycles. The number of nitriles is 1. The zero-order valence-electron chi connectivity index (χ0n) is 16.5. The molecule has 6 heteroatoms. The molecule has 2 aliphatic rings. The maximum absolute atomic E-state index is 12.5. The molecule has 0 aliphatic carbocycles. The number of ether oxygens (including phenoxy) is 2. The van der Waals surface area contributed by atoms with E-state index in [9.17, 15) is 10.1 Å². The van der Waals surface area contributed by atoms with Crippen LogP contribution in [0.5, 0.6) is 0 Å². The Morgan fingerprint density at radius 3 is 2.74 bits per heavy atom. The van der Waals surface area contributed by atoms with Crippen LogP contribution in [0.25, 0.3) is 6.08 Å². The summed E-state index contributed by atoms with van der Waals surface area (Å²) < 4.78 is 13.6. The number of hydrogen-bond donors (Lipinski definition) is 1. The molecule has 3 unspecified atom stereocenters. The second-order valence-electron chi connectivity index (χ2n) is 7.56. The maximum Gasteiger partial charge on any atom is 0.262 e. The molecule has 2 fully saturated rings. The van der Waals surface area contributed by atoms with Crippen molar-refractivity contribution in [1.29, 1.82) is 5.26 Å². The van der Waals surface area contributed by atoms with E-state index in [0.717, 1.165) is 62.4 Å². The summed E-state index contributed by atoms with van der Waals surface area (Å²) in [5, 5.41) is 12.4. The molecule has 0 radical (unpaired) electrons. The Morgan fingerprint density at radius 2 is 2.11 bits per heavy atom. The van der Waals surface area contributed by atoms with Crippen LogP contribution in [-0.4, -0.2) is 41.9 Å². The molecular formula is C21H29N3O3. The maximum atomic E-state index is 12.5. The number of aryl methyl sites for hydroxylation is 1. The minimum absolute atomic E-state index is 0.0327. The molecule has 0 spiro atoms. The molecule has 1 aromatic heterocycles. The topological polar surface area (TPSA) is 76.3 Å². The number of carbonyl (C=O) groups excluding carboxylic acids is 1. The van der Waals surface area contributed by atoms with E-state index in [4.69, 9.17) is 9.47 Å². The SMILES string of the molecule is Cc1cc(/C=C(\C#N)C(=O)NC(C)C2CCCO2)c(C)n1CC1CCCO1. The van der Waals surface area contributed by atoms with Gasteiger partial charge in [0.25, 0.3) is 5.91 Å². The lowest BCUT2D eigenvalue weighted by atomic mass is 10.1. The molecule has 2 saturated heterocycles. The first-order chi connectivity index (χ1) is 13.0. The average Bonchev–Trinajstić information content (AvgIpc) is 3.39. The third-order valence-corrected chi connectivity index (χ3v) is 5.57. The summed E-state index contributed by atoms with van der Waals surface area (Å²) in [4.78, 5) is 12.5. The molecule has 3 rings (SSSR count). The van der Waals surface area contributed by atoms with Crippen molar-refractivity contribution in [3.63, 3.8) is 0 Å². The first-order valence-corrected chi connectivity index (χ1v) is 9.82. The van der Waals surface area contributed by atoms with Crippen molar-refractivity contribution in [1.82, 2.24) is 9.88 Å². The highest BCUT2D eigenvalue weighted by molar-refractivity contribution is 6.02. The fourth-order valence-electron chi connectivity index (χ4n) is 3.93. The first kappa shape index (κ1) is 19.7. The molecule has 0 aromatic carbocycles. The molecule has 1 amide bonds. The normalized spacial score (nSPS) is 24.0. The van der Waals surface area contributed by atoms with Crippen LogP contribution in [0.3, 0.4) is 0 Å². The van der Waals surface area contributed by atoms with Crippen molar-refractivity contribution in [2.75, 3.05) is 13.2 Å². The fourth-order valence-corrected chi connectivity index (χ4v) is 3.93. The summed E-state index contributed by atoms with van der Waals surface area (Å²) in [6.45, 7) is 8.38. The van der Waals surface area contributed by atoms with Gasteiger partial charge >= 0.3 is 0 Å². The highest BCUT2D eigenvalue weighted by atomic mass is 16.5. The molecule has 3 heterocycles. The van der Waals surface area contributed by atoms with Gasteiger partial charge in [0.15, 0.2) is 0 Å². The van der Waals surface area contributed by atoms with Crippen LogP contribution >= 0.6 is 0 Å². The first-order valence-electron chi connectivity index (χ1n) is 9.82. The number of aromatic nitrogens is 1. The zero-order valence-corrected chi connectivity index (χ0v) is 16.5. The van der Waals surface area contributed by atoms with E-state index >= 15 is 0 Å². The van der Waals surface area contributed by atoms with Gasteiger partial charge in [-0.05, 0) is 64.2 Å². The lowest BCUT2D eigenvalue weighted by Gasteiger charge is -2.19. The van der Waals surface area contributed by atoms with E-state index in [1.807, 2.05) is 32.9 Å². The second kappa shape index (κ2) is 8.73. The van der Waals surface area contributed by atoms with Crippen molar-refractivity contribution in [3.05, 3.63) is 28.6 Å². The Labute approximate surface area is 161 Å². The fraction of sp³-hybridized carbons (Fsp3) is 0.619. The Kier molecular flexibility index (Phi) is 6.35. The predicted octanol–water partition coefficient (Wildman–Crippen LogP) is 2.87. The zero-order chi connectivity index (χ0) is 19.4. The van der Waals surface area contributed by atoms with E-state index in [1.165, 1.54) is 0 Å². The summed E-state index contributed by atoms with van der Waals surface area (Å²) in [5.41, 5.74) is 3.19. The van der Waals surface area contributed by atoms with Crippen LogP contribution in [0.4, 0.5) is 0 Å². The summed E-state index contributed by atoms with van der Waals surface area (Å²) in [6, 6.07) is 3.97. The van der Waals surface area contributed by atoms with Crippen LogP contribution in [0.15, 0.2) is 11.6 Å². The quantitative estimate of drug-likeness (QED) is 0.616. The molecule has 0 bridgehead atoms. The van der Waals surface area contributed by atoms with Gasteiger partial charge in [-0.2, -0.15) is 5.26 Å². The van der Waals surface area contributed by atoms with Gasteiger partial charge in [-0.25, -0.2) is 0 Å². The van der Waals surface area contributed by atoms with E-state index in [0.29, 0.717) is 0 Å². The van der Waals surface area contributed by atoms with E-state index in [-0.39, 0.29) is 29.7 Å². The van der Waals surface area contributed by atoms with Crippen molar-refractivity contribution >= 4 is 12.0 Å². The third kappa shape index (κ3) is 4.60. The van der Waals surface area contributed by atoms with Gasteiger partial charge in [-0.15, -0.1) is 0 Å². The number of rotatable bonds is 6. The van der Waals surface area contributed by atoms with E-state index < -0.39 is 0 Å². The van der Waals surface area contributed by atoms with Crippen LogP contribution in [0, 0.1) is 25.2 Å². The van der Waals surface area contributed by atoms with Crippen molar-refractivity contribution in [2.45, 2.75) is 71.2 Å². The highest BCUT2D eigenvalue weighted by Crippen LogP contribution is 2.22. The monoisotopic (exact) mass is 371 g/mol. The molecule has 1 aromatic rings. The van der Waals surface area contributed by atoms with E-state index in [1.54, 1.807) is 6.08 Å². The highest BCUT2D eigenvalue weighted by Gasteiger charge is 2.25. The van der Waals surface area contributed by atoms with Crippen molar-refractivity contribution < 1.29 is 14.3 Å². The Morgan fingerprint density at radius 1 is 1.37 bits per heavy atom. The summed E-state index contributed by atoms with van der Waals surface area (Å²) >= 11 is 0. The number of nitrogens with zero attached hydrogens (tertiary/aromatic N) is 2. The van der Waals surface area contributed by atoms with Crippen molar-refractivity contribution in [3.8, 4) is 6.07 Å². The lowest BCUT2D eigenvalue weighted by Crippen LogP contribution is -2.41. The van der Waals surface area contributed by atoms with Crippen LogP contribution in [0.2, 0.25) is 0 Å². The lowest BCUT2D eigenvalue weighted by molar-refractivity contribution is -0.118. The summed E-state index contributed by atoms with van der Waals surface area (Å²) in [7, 11) is 0. The predicted molar refractivity (Wildman–Crippen MR) is 103 cm³/mol. The average molecular weight is 371 g/mol. The smallest absolute Gasteiger partial charge is 0.262 e. The Balaban J connectivity index is 1.72. The molecule has 6 nitrogen and oxygen atoms in total. The molecule has 2 aliphatic heterocycles. The number of amides is 1. The summed E-state index contributed by atoms with van der Waals surface area (Å²) in [6.07, 6.45) is 6.11. The van der Waals surface area contributed by atoms with Gasteiger partial charge in [0.2, 0.25) is 0 Å². The Bertz CT molecular complexity index is 747. The van der Waals surface area contributed by atoms with Crippen LogP contribution in [0.1, 0.15) is 49.6 Å². The van der Waals surface area contributed by atoms with Gasteiger partial charge in [-0.1, -0.05) is 0 Å². The minimum Gasteiger partial charge on any atom is -0.376 e. The molecule has 1 N–H and O–H groups in total. The Hall–Kier alpha value is -2.10. The van der Waals surface area contributed by atoms with Gasteiger partial charge < -0.3 is 19.4 Å². The minimum atomic E-state index is -0.343. The number of hydrogen-bond acceptors (Lipinski definition) is 4. The van der Waals surface area contributed by atoms with Crippen LogP contribution in [-0.2, 0) is 20.8 Å². The number of nitrogens with one attached hydrogen (secondary N) is 1. The van der Waals surface area contributed by atoms with Crippen LogP contribution < -0.4 is 5.32 Å². The van der Waals surface area contributed by atoms with Gasteiger partial charge in [0.05, 0.1) is 18.2 Å².